The van der Waals surface area contributed by atoms with Gasteiger partial charge in [-0.05, 0) is 24.5 Å². The van der Waals surface area contributed by atoms with Crippen molar-refractivity contribution in [2.45, 2.75) is 19.3 Å². The molecule has 0 spiro atoms. The Hall–Kier alpha value is -1.58. The predicted octanol–water partition coefficient (Wildman–Crippen LogP) is 1.32. The largest absolute Gasteiger partial charge is 0.505 e. The highest BCUT2D eigenvalue weighted by Gasteiger charge is 2.21. The molecule has 2 rings (SSSR count). The van der Waals surface area contributed by atoms with Crippen molar-refractivity contribution < 1.29 is 9.90 Å². The maximum Gasteiger partial charge on any atom is 0.273 e. The molecule has 0 saturated heterocycles. The fourth-order valence-electron chi connectivity index (χ4n) is 1.45. The van der Waals surface area contributed by atoms with E-state index in [2.05, 4.69) is 10.3 Å². The van der Waals surface area contributed by atoms with Crippen LogP contribution in [-0.2, 0) is 0 Å². The number of carbonyl (C=O) groups excluding carboxylic acids is 1. The second kappa shape index (κ2) is 4.29. The van der Waals surface area contributed by atoms with Crippen LogP contribution in [0.4, 0.5) is 0 Å². The minimum atomic E-state index is -0.297. The van der Waals surface area contributed by atoms with Gasteiger partial charge in [0.05, 0.1) is 0 Å². The molecule has 0 radical (unpaired) electrons. The van der Waals surface area contributed by atoms with E-state index in [0.29, 0.717) is 6.54 Å². The van der Waals surface area contributed by atoms with Gasteiger partial charge in [0, 0.05) is 12.7 Å². The number of amides is 1. The van der Waals surface area contributed by atoms with Crippen molar-refractivity contribution in [3.8, 4) is 5.75 Å². The van der Waals surface area contributed by atoms with Crippen molar-refractivity contribution >= 4 is 5.91 Å². The Morgan fingerprint density at radius 1 is 1.60 bits per heavy atom. The molecule has 4 nitrogen and oxygen atoms in total. The number of hydrogen-bond acceptors (Lipinski definition) is 3. The monoisotopic (exact) mass is 206 g/mol. The number of pyridine rings is 1. The van der Waals surface area contributed by atoms with Crippen LogP contribution in [0.3, 0.4) is 0 Å². The van der Waals surface area contributed by atoms with Crippen LogP contribution in [0.2, 0.25) is 0 Å². The molecule has 1 aromatic heterocycles. The molecule has 15 heavy (non-hydrogen) atoms. The lowest BCUT2D eigenvalue weighted by Crippen LogP contribution is -2.25. The summed E-state index contributed by atoms with van der Waals surface area (Å²) in [5, 5.41) is 12.1. The van der Waals surface area contributed by atoms with Crippen molar-refractivity contribution in [3.63, 3.8) is 0 Å². The van der Waals surface area contributed by atoms with Crippen molar-refractivity contribution in [3.05, 3.63) is 24.0 Å². The lowest BCUT2D eigenvalue weighted by Gasteiger charge is -2.04. The van der Waals surface area contributed by atoms with Gasteiger partial charge in [0.25, 0.3) is 5.91 Å². The van der Waals surface area contributed by atoms with E-state index in [4.69, 9.17) is 0 Å². The highest BCUT2D eigenvalue weighted by Crippen LogP contribution is 2.31. The number of carbonyl (C=O) groups is 1. The first-order chi connectivity index (χ1) is 7.27. The van der Waals surface area contributed by atoms with Crippen LogP contribution in [0.15, 0.2) is 18.3 Å². The van der Waals surface area contributed by atoms with Gasteiger partial charge in [0.2, 0.25) is 0 Å². The summed E-state index contributed by atoms with van der Waals surface area (Å²) < 4.78 is 0. The maximum atomic E-state index is 11.5. The van der Waals surface area contributed by atoms with Gasteiger partial charge in [-0.15, -0.1) is 0 Å². The molecule has 0 unspecified atom stereocenters. The zero-order chi connectivity index (χ0) is 10.7. The number of aromatic nitrogens is 1. The SMILES string of the molecule is O=C(NCCC1CC1)c1ncccc1O. The molecule has 4 heteroatoms. The van der Waals surface area contributed by atoms with Crippen LogP contribution in [0, 0.1) is 5.92 Å². The van der Waals surface area contributed by atoms with Gasteiger partial charge in [-0.1, -0.05) is 12.8 Å². The van der Waals surface area contributed by atoms with Gasteiger partial charge >= 0.3 is 0 Å². The molecule has 80 valence electrons. The quantitative estimate of drug-likeness (QED) is 0.781. The Morgan fingerprint density at radius 3 is 3.07 bits per heavy atom. The molecule has 0 atom stereocenters. The molecule has 0 aliphatic heterocycles. The van der Waals surface area contributed by atoms with Gasteiger partial charge < -0.3 is 10.4 Å². The van der Waals surface area contributed by atoms with E-state index in [1.807, 2.05) is 0 Å². The molecule has 1 fully saturated rings. The summed E-state index contributed by atoms with van der Waals surface area (Å²) in [6.45, 7) is 0.666. The summed E-state index contributed by atoms with van der Waals surface area (Å²) in [7, 11) is 0. The molecule has 0 aromatic carbocycles. The molecule has 1 amide bonds. The smallest absolute Gasteiger partial charge is 0.273 e. The second-order valence-corrected chi connectivity index (χ2v) is 3.86. The Morgan fingerprint density at radius 2 is 2.40 bits per heavy atom. The summed E-state index contributed by atoms with van der Waals surface area (Å²) in [5.41, 5.74) is 0.105. The lowest BCUT2D eigenvalue weighted by molar-refractivity contribution is 0.0945. The van der Waals surface area contributed by atoms with Gasteiger partial charge in [0.15, 0.2) is 5.69 Å². The minimum Gasteiger partial charge on any atom is -0.505 e. The first kappa shape index (κ1) is 9.96. The number of nitrogens with zero attached hydrogens (tertiary/aromatic N) is 1. The number of hydrogen-bond donors (Lipinski definition) is 2. The van der Waals surface area contributed by atoms with E-state index in [-0.39, 0.29) is 17.4 Å². The van der Waals surface area contributed by atoms with Gasteiger partial charge in [-0.3, -0.25) is 4.79 Å². The molecule has 1 aliphatic carbocycles. The molecule has 1 heterocycles. The number of rotatable bonds is 4. The number of nitrogens with one attached hydrogen (secondary N) is 1. The van der Waals surface area contributed by atoms with E-state index in [9.17, 15) is 9.90 Å². The van der Waals surface area contributed by atoms with Crippen LogP contribution < -0.4 is 5.32 Å². The molecule has 0 bridgehead atoms. The first-order valence-corrected chi connectivity index (χ1v) is 5.19. The molecular formula is C11H14N2O2. The van der Waals surface area contributed by atoms with Crippen LogP contribution >= 0.6 is 0 Å². The highest BCUT2D eigenvalue weighted by molar-refractivity contribution is 5.94. The van der Waals surface area contributed by atoms with Crippen molar-refractivity contribution in [2.75, 3.05) is 6.54 Å². The van der Waals surface area contributed by atoms with Crippen LogP contribution in [-0.4, -0.2) is 22.5 Å². The van der Waals surface area contributed by atoms with Gasteiger partial charge in [-0.25, -0.2) is 4.98 Å². The average Bonchev–Trinajstić information content (AvgIpc) is 3.02. The fourth-order valence-corrected chi connectivity index (χ4v) is 1.45. The van der Waals surface area contributed by atoms with Crippen LogP contribution in [0.1, 0.15) is 29.8 Å². The lowest BCUT2D eigenvalue weighted by atomic mass is 10.2. The molecule has 1 saturated carbocycles. The van der Waals surface area contributed by atoms with Crippen LogP contribution in [0.25, 0.3) is 0 Å². The summed E-state index contributed by atoms with van der Waals surface area (Å²) in [4.78, 5) is 15.4. The Labute approximate surface area is 88.3 Å². The second-order valence-electron chi connectivity index (χ2n) is 3.86. The van der Waals surface area contributed by atoms with E-state index < -0.39 is 0 Å². The highest BCUT2D eigenvalue weighted by atomic mass is 16.3. The number of aromatic hydroxyl groups is 1. The zero-order valence-corrected chi connectivity index (χ0v) is 8.44. The summed E-state index contributed by atoms with van der Waals surface area (Å²) in [6, 6.07) is 3.05. The van der Waals surface area contributed by atoms with Crippen molar-refractivity contribution in [2.24, 2.45) is 5.92 Å². The van der Waals surface area contributed by atoms with Crippen molar-refractivity contribution in [1.82, 2.24) is 10.3 Å². The van der Waals surface area contributed by atoms with E-state index in [1.54, 1.807) is 6.07 Å². The third-order valence-electron chi connectivity index (χ3n) is 2.54. The van der Waals surface area contributed by atoms with E-state index in [1.165, 1.54) is 25.1 Å². The average molecular weight is 206 g/mol. The Kier molecular flexibility index (Phi) is 2.85. The van der Waals surface area contributed by atoms with Crippen molar-refractivity contribution in [1.29, 1.82) is 0 Å². The standard InChI is InChI=1S/C11H14N2O2/c14-9-2-1-6-12-10(9)11(15)13-7-5-8-3-4-8/h1-2,6,8,14H,3-5,7H2,(H,13,15). The summed E-state index contributed by atoms with van der Waals surface area (Å²) >= 11 is 0. The minimum absolute atomic E-state index is 0.0681. The Balaban J connectivity index is 1.86. The molecule has 1 aromatic rings. The zero-order valence-electron chi connectivity index (χ0n) is 8.44. The van der Waals surface area contributed by atoms with E-state index in [0.717, 1.165) is 12.3 Å². The van der Waals surface area contributed by atoms with Gasteiger partial charge in [0.1, 0.15) is 5.75 Å². The van der Waals surface area contributed by atoms with Crippen LogP contribution in [0.5, 0.6) is 5.75 Å². The molecule has 1 aliphatic rings. The normalized spacial score (nSPS) is 14.9. The predicted molar refractivity (Wildman–Crippen MR) is 55.6 cm³/mol. The maximum absolute atomic E-state index is 11.5. The Bertz CT molecular complexity index is 361. The third-order valence-corrected chi connectivity index (χ3v) is 2.54. The molecular weight excluding hydrogens is 192 g/mol. The summed E-state index contributed by atoms with van der Waals surface area (Å²) in [5.74, 6) is 0.429. The molecule has 2 N–H and O–H groups in total. The first-order valence-electron chi connectivity index (χ1n) is 5.19. The van der Waals surface area contributed by atoms with E-state index >= 15 is 0 Å². The third kappa shape index (κ3) is 2.68. The summed E-state index contributed by atoms with van der Waals surface area (Å²) in [6.07, 6.45) is 5.09. The fraction of sp³-hybridized carbons (Fsp3) is 0.455. The topological polar surface area (TPSA) is 62.2 Å². The van der Waals surface area contributed by atoms with Gasteiger partial charge in [-0.2, -0.15) is 0 Å².